The van der Waals surface area contributed by atoms with E-state index in [4.69, 9.17) is 15.1 Å². The van der Waals surface area contributed by atoms with E-state index in [-0.39, 0.29) is 6.04 Å². The van der Waals surface area contributed by atoms with Gasteiger partial charge < -0.3 is 9.84 Å². The van der Waals surface area contributed by atoms with E-state index in [0.29, 0.717) is 26.1 Å². The molecule has 5 heteroatoms. The molecule has 1 heterocycles. The van der Waals surface area contributed by atoms with Crippen LogP contribution in [0.5, 0.6) is 0 Å². The lowest BCUT2D eigenvalue weighted by Crippen LogP contribution is -2.49. The van der Waals surface area contributed by atoms with E-state index < -0.39 is 12.1 Å². The first-order valence-corrected chi connectivity index (χ1v) is 4.67. The molecular weight excluding hydrogens is 184 g/mol. The van der Waals surface area contributed by atoms with E-state index in [2.05, 4.69) is 6.07 Å². The van der Waals surface area contributed by atoms with Crippen LogP contribution in [0.25, 0.3) is 0 Å². The van der Waals surface area contributed by atoms with Gasteiger partial charge in [0.15, 0.2) is 6.10 Å². The van der Waals surface area contributed by atoms with Gasteiger partial charge in [0.2, 0.25) is 0 Å². The third-order valence-electron chi connectivity index (χ3n) is 2.35. The summed E-state index contributed by atoms with van der Waals surface area (Å²) in [5.41, 5.74) is 0. The molecule has 1 aliphatic heterocycles. The van der Waals surface area contributed by atoms with Crippen molar-refractivity contribution in [1.29, 1.82) is 5.26 Å². The number of aliphatic carboxylic acids is 1. The Hall–Kier alpha value is -1.12. The van der Waals surface area contributed by atoms with E-state index in [9.17, 15) is 4.79 Å². The van der Waals surface area contributed by atoms with Crippen molar-refractivity contribution in [3.05, 3.63) is 0 Å². The average Bonchev–Trinajstić information content (AvgIpc) is 2.20. The van der Waals surface area contributed by atoms with Gasteiger partial charge in [-0.1, -0.05) is 6.92 Å². The van der Waals surface area contributed by atoms with Gasteiger partial charge in [-0.15, -0.1) is 0 Å². The Morgan fingerprint density at radius 2 is 2.57 bits per heavy atom. The minimum absolute atomic E-state index is 0.194. The second kappa shape index (κ2) is 4.94. The number of ether oxygens (including phenoxy) is 1. The number of rotatable bonds is 3. The van der Waals surface area contributed by atoms with Crippen molar-refractivity contribution in [1.82, 2.24) is 4.90 Å². The van der Waals surface area contributed by atoms with Crippen molar-refractivity contribution in [2.75, 3.05) is 19.7 Å². The van der Waals surface area contributed by atoms with Gasteiger partial charge in [-0.05, 0) is 6.42 Å². The lowest BCUT2D eigenvalue weighted by atomic mass is 10.1. The molecule has 5 nitrogen and oxygen atoms in total. The van der Waals surface area contributed by atoms with Gasteiger partial charge in [0.1, 0.15) is 0 Å². The molecule has 1 N–H and O–H groups in total. The summed E-state index contributed by atoms with van der Waals surface area (Å²) in [4.78, 5) is 12.5. The Kier molecular flexibility index (Phi) is 3.86. The number of carboxylic acids is 1. The normalized spacial score (nSPS) is 25.3. The SMILES string of the molecule is CCC(C#N)N1CCOC(C(=O)O)C1. The Balaban J connectivity index is 2.55. The zero-order chi connectivity index (χ0) is 10.6. The van der Waals surface area contributed by atoms with E-state index in [1.165, 1.54) is 0 Å². The topological polar surface area (TPSA) is 73.6 Å². The summed E-state index contributed by atoms with van der Waals surface area (Å²) < 4.78 is 5.06. The van der Waals surface area contributed by atoms with Crippen molar-refractivity contribution in [3.8, 4) is 6.07 Å². The lowest BCUT2D eigenvalue weighted by molar-refractivity contribution is -0.156. The summed E-state index contributed by atoms with van der Waals surface area (Å²) in [5, 5.41) is 17.6. The van der Waals surface area contributed by atoms with E-state index in [1.807, 2.05) is 11.8 Å². The summed E-state index contributed by atoms with van der Waals surface area (Å²) >= 11 is 0. The number of morpholine rings is 1. The minimum Gasteiger partial charge on any atom is -0.479 e. The maximum Gasteiger partial charge on any atom is 0.334 e. The Labute approximate surface area is 82.9 Å². The molecule has 0 aliphatic carbocycles. The fraction of sp³-hybridized carbons (Fsp3) is 0.778. The van der Waals surface area contributed by atoms with Crippen LogP contribution in [0.3, 0.4) is 0 Å². The summed E-state index contributed by atoms with van der Waals surface area (Å²) in [5.74, 6) is -0.956. The summed E-state index contributed by atoms with van der Waals surface area (Å²) in [6.07, 6.45) is -0.0748. The van der Waals surface area contributed by atoms with E-state index >= 15 is 0 Å². The zero-order valence-corrected chi connectivity index (χ0v) is 8.14. The van der Waals surface area contributed by atoms with Gasteiger partial charge in [-0.3, -0.25) is 4.90 Å². The fourth-order valence-corrected chi connectivity index (χ4v) is 1.53. The van der Waals surface area contributed by atoms with E-state index in [1.54, 1.807) is 0 Å². The quantitative estimate of drug-likeness (QED) is 0.694. The molecule has 0 aromatic rings. The highest BCUT2D eigenvalue weighted by Crippen LogP contribution is 2.10. The average molecular weight is 198 g/mol. The van der Waals surface area contributed by atoms with Crippen molar-refractivity contribution >= 4 is 5.97 Å². The summed E-state index contributed by atoms with van der Waals surface area (Å²) in [6, 6.07) is 1.96. The number of nitriles is 1. The van der Waals surface area contributed by atoms with Crippen molar-refractivity contribution in [2.24, 2.45) is 0 Å². The summed E-state index contributed by atoms with van der Waals surface area (Å²) in [7, 11) is 0. The second-order valence-electron chi connectivity index (χ2n) is 3.25. The largest absolute Gasteiger partial charge is 0.479 e. The van der Waals surface area contributed by atoms with Gasteiger partial charge in [-0.2, -0.15) is 5.26 Å². The fourth-order valence-electron chi connectivity index (χ4n) is 1.53. The van der Waals surface area contributed by atoms with E-state index in [0.717, 1.165) is 0 Å². The number of hydrogen-bond donors (Lipinski definition) is 1. The first kappa shape index (κ1) is 11.0. The predicted octanol–water partition coefficient (Wildman–Crippen LogP) is 0.0740. The molecule has 1 aliphatic rings. The molecule has 1 saturated heterocycles. The van der Waals surface area contributed by atoms with Crippen LogP contribution in [0.4, 0.5) is 0 Å². The maximum absolute atomic E-state index is 10.7. The van der Waals surface area contributed by atoms with Gasteiger partial charge in [0.25, 0.3) is 0 Å². The molecule has 0 amide bonds. The highest BCUT2D eigenvalue weighted by molar-refractivity contribution is 5.72. The zero-order valence-electron chi connectivity index (χ0n) is 8.14. The Morgan fingerprint density at radius 3 is 3.07 bits per heavy atom. The molecule has 1 fully saturated rings. The van der Waals surface area contributed by atoms with Crippen LogP contribution in [0.1, 0.15) is 13.3 Å². The molecule has 0 spiro atoms. The van der Waals surface area contributed by atoms with Crippen LogP contribution >= 0.6 is 0 Å². The van der Waals surface area contributed by atoms with Crippen LogP contribution in [-0.2, 0) is 9.53 Å². The molecule has 0 saturated carbocycles. The minimum atomic E-state index is -0.956. The van der Waals surface area contributed by atoms with Gasteiger partial charge in [-0.25, -0.2) is 4.79 Å². The highest BCUT2D eigenvalue weighted by Gasteiger charge is 2.29. The van der Waals surface area contributed by atoms with Crippen LogP contribution < -0.4 is 0 Å². The lowest BCUT2D eigenvalue weighted by Gasteiger charge is -2.33. The molecule has 2 atom stereocenters. The van der Waals surface area contributed by atoms with Gasteiger partial charge >= 0.3 is 5.97 Å². The molecule has 0 radical (unpaired) electrons. The van der Waals surface area contributed by atoms with Gasteiger partial charge in [0.05, 0.1) is 18.7 Å². The molecular formula is C9H14N2O3. The molecule has 0 bridgehead atoms. The van der Waals surface area contributed by atoms with Crippen molar-refractivity contribution in [2.45, 2.75) is 25.5 Å². The predicted molar refractivity (Wildman–Crippen MR) is 48.6 cm³/mol. The first-order valence-electron chi connectivity index (χ1n) is 4.67. The first-order chi connectivity index (χ1) is 6.69. The van der Waals surface area contributed by atoms with Crippen LogP contribution in [-0.4, -0.2) is 47.8 Å². The third kappa shape index (κ3) is 2.44. The van der Waals surface area contributed by atoms with Gasteiger partial charge in [0, 0.05) is 13.1 Å². The summed E-state index contributed by atoms with van der Waals surface area (Å²) in [6.45, 7) is 3.24. The highest BCUT2D eigenvalue weighted by atomic mass is 16.5. The molecule has 2 unspecified atom stereocenters. The molecule has 14 heavy (non-hydrogen) atoms. The Morgan fingerprint density at radius 1 is 1.86 bits per heavy atom. The van der Waals surface area contributed by atoms with Crippen LogP contribution in [0, 0.1) is 11.3 Å². The standard InChI is InChI=1S/C9H14N2O3/c1-2-7(5-10)11-3-4-14-8(6-11)9(12)13/h7-8H,2-4,6H2,1H3,(H,12,13). The maximum atomic E-state index is 10.7. The second-order valence-corrected chi connectivity index (χ2v) is 3.25. The number of hydrogen-bond acceptors (Lipinski definition) is 4. The van der Waals surface area contributed by atoms with Crippen LogP contribution in [0.15, 0.2) is 0 Å². The monoisotopic (exact) mass is 198 g/mol. The number of carboxylic acid groups (broad SMARTS) is 1. The smallest absolute Gasteiger partial charge is 0.334 e. The van der Waals surface area contributed by atoms with Crippen molar-refractivity contribution in [3.63, 3.8) is 0 Å². The Bertz CT molecular complexity index is 249. The molecule has 0 aromatic carbocycles. The number of nitrogens with zero attached hydrogens (tertiary/aromatic N) is 2. The molecule has 1 rings (SSSR count). The molecule has 78 valence electrons. The van der Waals surface area contributed by atoms with Crippen LogP contribution in [0.2, 0.25) is 0 Å². The number of carbonyl (C=O) groups is 1. The van der Waals surface area contributed by atoms with Crippen molar-refractivity contribution < 1.29 is 14.6 Å². The molecule has 0 aromatic heterocycles. The third-order valence-corrected chi connectivity index (χ3v) is 2.35.